The Balaban J connectivity index is 2.84. The van der Waals surface area contributed by atoms with Gasteiger partial charge in [0.15, 0.2) is 0 Å². The van der Waals surface area contributed by atoms with Crippen LogP contribution in [0.2, 0.25) is 15.2 Å². The molecule has 1 heterocycles. The van der Waals surface area contributed by atoms with E-state index in [-0.39, 0.29) is 37.9 Å². The molecule has 0 aliphatic rings. The first-order valence-corrected chi connectivity index (χ1v) is 9.41. The number of benzene rings is 1. The molecule has 1 aromatic heterocycles. The smallest absolute Gasteiger partial charge is 0.419 e. The highest BCUT2D eigenvalue weighted by Crippen LogP contribution is 2.53. The van der Waals surface area contributed by atoms with Gasteiger partial charge in [0.25, 0.3) is 5.91 Å². The van der Waals surface area contributed by atoms with Crippen molar-refractivity contribution in [2.75, 3.05) is 19.1 Å². The van der Waals surface area contributed by atoms with Gasteiger partial charge < -0.3 is 14.6 Å². The average Bonchev–Trinajstić information content (AvgIpc) is 2.63. The maximum absolute atomic E-state index is 12.9. The summed E-state index contributed by atoms with van der Waals surface area (Å²) in [6, 6.07) is 2.70. The van der Waals surface area contributed by atoms with Crippen LogP contribution in [0, 0.1) is 0 Å². The maximum atomic E-state index is 12.9. The van der Waals surface area contributed by atoms with Gasteiger partial charge in [-0.25, -0.2) is 14.7 Å². The van der Waals surface area contributed by atoms with Gasteiger partial charge in [-0.3, -0.25) is 4.79 Å². The third-order valence-corrected chi connectivity index (χ3v) is 4.94. The first kappa shape index (κ1) is 23.1. The minimum Gasteiger partial charge on any atom is -0.495 e. The van der Waals surface area contributed by atoms with E-state index in [1.54, 1.807) is 0 Å². The predicted molar refractivity (Wildman–Crippen MR) is 112 cm³/mol. The number of rotatable bonds is 4. The molecule has 0 spiro atoms. The number of methoxy groups -OCH3 is 2. The zero-order chi connectivity index (χ0) is 22.1. The molecular weight excluding hydrogens is 443 g/mol. The number of pyridine rings is 1. The first-order chi connectivity index (χ1) is 13.4. The van der Waals surface area contributed by atoms with E-state index in [0.29, 0.717) is 10.5 Å². The number of hydrogen-bond donors (Lipinski definition) is 1. The van der Waals surface area contributed by atoms with E-state index in [1.165, 1.54) is 26.4 Å². The molecule has 1 aromatic carbocycles. The molecule has 29 heavy (non-hydrogen) atoms. The van der Waals surface area contributed by atoms with Crippen molar-refractivity contribution in [3.63, 3.8) is 0 Å². The molecule has 0 fully saturated rings. The van der Waals surface area contributed by atoms with Crippen molar-refractivity contribution in [1.82, 2.24) is 4.98 Å². The molecule has 0 radical (unpaired) electrons. The lowest BCUT2D eigenvalue weighted by molar-refractivity contribution is 0.0983. The van der Waals surface area contributed by atoms with E-state index in [4.69, 9.17) is 44.3 Å². The van der Waals surface area contributed by atoms with Crippen LogP contribution >= 0.6 is 34.8 Å². The molecule has 2 aromatic rings. The summed E-state index contributed by atoms with van der Waals surface area (Å²) in [6.45, 7) is 5.66. The van der Waals surface area contributed by atoms with E-state index in [0.717, 1.165) is 6.20 Å². The molecule has 0 bridgehead atoms. The number of aromatic nitrogens is 1. The van der Waals surface area contributed by atoms with Crippen LogP contribution in [0.1, 0.15) is 36.7 Å². The number of carbonyl (C=O) groups is 2. The highest BCUT2D eigenvalue weighted by molar-refractivity contribution is 6.43. The highest BCUT2D eigenvalue weighted by atomic mass is 35.5. The molecular formula is C19H19Cl3N2O5. The van der Waals surface area contributed by atoms with Crippen molar-refractivity contribution in [1.29, 1.82) is 0 Å². The number of halogens is 3. The molecule has 0 saturated heterocycles. The van der Waals surface area contributed by atoms with Gasteiger partial charge >= 0.3 is 6.09 Å². The van der Waals surface area contributed by atoms with Crippen LogP contribution in [0.25, 0.3) is 0 Å². The number of hydrogen-bond acceptors (Lipinski definition) is 5. The number of carboxylic acid groups (broad SMARTS) is 1. The van der Waals surface area contributed by atoms with E-state index in [9.17, 15) is 14.7 Å². The van der Waals surface area contributed by atoms with Gasteiger partial charge in [0, 0.05) is 11.8 Å². The van der Waals surface area contributed by atoms with Crippen LogP contribution in [-0.4, -0.2) is 36.3 Å². The standard InChI is InChI=1S/C19H19Cl3N2O5/c1-19(2,3)11-15(28-4)12(21)14(13(22)16(11)29-5)24(18(26)27)17(25)9-6-7-10(20)23-8-9/h6-8H,1-5H3,(H,26,27). The van der Waals surface area contributed by atoms with Crippen molar-refractivity contribution in [2.24, 2.45) is 0 Å². The Morgan fingerprint density at radius 1 is 1.03 bits per heavy atom. The summed E-state index contributed by atoms with van der Waals surface area (Å²) in [4.78, 5) is 29.2. The number of anilines is 1. The Kier molecular flexibility index (Phi) is 6.88. The summed E-state index contributed by atoms with van der Waals surface area (Å²) in [5.41, 5.74) is -0.280. The molecule has 156 valence electrons. The van der Waals surface area contributed by atoms with Crippen molar-refractivity contribution in [3.8, 4) is 11.5 Å². The highest BCUT2D eigenvalue weighted by Gasteiger charge is 2.37. The molecule has 0 aliphatic heterocycles. The van der Waals surface area contributed by atoms with Crippen molar-refractivity contribution in [3.05, 3.63) is 44.7 Å². The topological polar surface area (TPSA) is 89.0 Å². The monoisotopic (exact) mass is 460 g/mol. The Morgan fingerprint density at radius 2 is 1.55 bits per heavy atom. The van der Waals surface area contributed by atoms with Crippen molar-refractivity contribution >= 4 is 52.5 Å². The van der Waals surface area contributed by atoms with Gasteiger partial charge in [0.05, 0.1) is 19.8 Å². The Bertz CT molecular complexity index is 925. The Hall–Kier alpha value is -2.22. The zero-order valence-electron chi connectivity index (χ0n) is 16.3. The first-order valence-electron chi connectivity index (χ1n) is 8.28. The van der Waals surface area contributed by atoms with E-state index in [1.807, 2.05) is 20.8 Å². The van der Waals surface area contributed by atoms with Crippen LogP contribution in [0.3, 0.4) is 0 Å². The van der Waals surface area contributed by atoms with Crippen LogP contribution < -0.4 is 14.4 Å². The van der Waals surface area contributed by atoms with Gasteiger partial charge in [0.2, 0.25) is 0 Å². The lowest BCUT2D eigenvalue weighted by Crippen LogP contribution is -2.36. The lowest BCUT2D eigenvalue weighted by Gasteiger charge is -2.29. The minimum atomic E-state index is -1.60. The summed E-state index contributed by atoms with van der Waals surface area (Å²) >= 11 is 18.7. The molecule has 0 unspecified atom stereocenters. The summed E-state index contributed by atoms with van der Waals surface area (Å²) in [5.74, 6) is -0.606. The molecule has 0 aliphatic carbocycles. The predicted octanol–water partition coefficient (Wildman–Crippen LogP) is 5.68. The van der Waals surface area contributed by atoms with E-state index < -0.39 is 17.4 Å². The minimum absolute atomic E-state index is 0.0261. The SMILES string of the molecule is COc1c(Cl)c(N(C(=O)O)C(=O)c2ccc(Cl)nc2)c(Cl)c(OC)c1C(C)(C)C. The van der Waals surface area contributed by atoms with Crippen molar-refractivity contribution < 1.29 is 24.2 Å². The number of amides is 2. The van der Waals surface area contributed by atoms with Gasteiger partial charge in [-0.15, -0.1) is 0 Å². The molecule has 2 amide bonds. The normalized spacial score (nSPS) is 11.2. The average molecular weight is 462 g/mol. The van der Waals surface area contributed by atoms with E-state index in [2.05, 4.69) is 4.98 Å². The van der Waals surface area contributed by atoms with Crippen molar-refractivity contribution in [2.45, 2.75) is 26.2 Å². The van der Waals surface area contributed by atoms with Gasteiger partial charge in [-0.2, -0.15) is 0 Å². The zero-order valence-corrected chi connectivity index (χ0v) is 18.6. The molecule has 7 nitrogen and oxygen atoms in total. The number of imide groups is 1. The molecule has 1 N–H and O–H groups in total. The molecule has 0 saturated carbocycles. The maximum Gasteiger partial charge on any atom is 0.419 e. The largest absolute Gasteiger partial charge is 0.495 e. The summed E-state index contributed by atoms with van der Waals surface area (Å²) < 4.78 is 10.9. The number of nitrogens with zero attached hydrogens (tertiary/aromatic N) is 2. The Labute approximate surface area is 183 Å². The second-order valence-electron chi connectivity index (χ2n) is 6.96. The van der Waals surface area contributed by atoms with E-state index >= 15 is 0 Å². The molecule has 10 heteroatoms. The Morgan fingerprint density at radius 3 is 1.90 bits per heavy atom. The molecule has 0 atom stereocenters. The van der Waals surface area contributed by atoms with Crippen LogP contribution in [0.15, 0.2) is 18.3 Å². The summed E-state index contributed by atoms with van der Waals surface area (Å²) in [7, 11) is 2.76. The quantitative estimate of drug-likeness (QED) is 0.589. The third-order valence-electron chi connectivity index (χ3n) is 4.02. The fourth-order valence-electron chi connectivity index (χ4n) is 2.81. The fraction of sp³-hybridized carbons (Fsp3) is 0.316. The second kappa shape index (κ2) is 8.65. The lowest BCUT2D eigenvalue weighted by atomic mass is 9.85. The third kappa shape index (κ3) is 4.37. The summed E-state index contributed by atoms with van der Waals surface area (Å²) in [6.07, 6.45) is -0.443. The number of ether oxygens (including phenoxy) is 2. The van der Waals surface area contributed by atoms with Gasteiger partial charge in [0.1, 0.15) is 32.4 Å². The van der Waals surface area contributed by atoms with Crippen LogP contribution in [0.4, 0.5) is 10.5 Å². The molecule has 2 rings (SSSR count). The summed E-state index contributed by atoms with van der Waals surface area (Å²) in [5, 5.41) is 9.65. The van der Waals surface area contributed by atoms with Crippen LogP contribution in [-0.2, 0) is 5.41 Å². The fourth-order valence-corrected chi connectivity index (χ4v) is 3.67. The number of carbonyl (C=O) groups excluding carboxylic acids is 1. The van der Waals surface area contributed by atoms with Gasteiger partial charge in [-0.1, -0.05) is 55.6 Å². The second-order valence-corrected chi connectivity index (χ2v) is 8.10. The van der Waals surface area contributed by atoms with Gasteiger partial charge in [-0.05, 0) is 17.5 Å². The van der Waals surface area contributed by atoms with Crippen LogP contribution in [0.5, 0.6) is 11.5 Å².